The van der Waals surface area contributed by atoms with Gasteiger partial charge >= 0.3 is 0 Å². The van der Waals surface area contributed by atoms with E-state index in [1.54, 1.807) is 0 Å². The van der Waals surface area contributed by atoms with E-state index in [2.05, 4.69) is 4.90 Å². The van der Waals surface area contributed by atoms with Crippen LogP contribution in [0.3, 0.4) is 0 Å². The van der Waals surface area contributed by atoms with Crippen LogP contribution in [-0.2, 0) is 6.54 Å². The molecule has 0 N–H and O–H groups in total. The van der Waals surface area contributed by atoms with E-state index in [0.717, 1.165) is 25.1 Å². The van der Waals surface area contributed by atoms with E-state index in [1.165, 1.54) is 0 Å². The lowest BCUT2D eigenvalue weighted by atomic mass is 10.4. The Morgan fingerprint density at radius 1 is 1.58 bits per heavy atom. The van der Waals surface area contributed by atoms with Gasteiger partial charge in [-0.3, -0.25) is 4.79 Å². The van der Waals surface area contributed by atoms with Crippen molar-refractivity contribution in [2.45, 2.75) is 6.54 Å². The number of rotatable bonds is 4. The third kappa shape index (κ3) is 2.20. The number of aldehydes is 1. The third-order valence-corrected chi connectivity index (χ3v) is 1.77. The quantitative estimate of drug-likeness (QED) is 0.620. The lowest BCUT2D eigenvalue weighted by Gasteiger charge is -2.10. The summed E-state index contributed by atoms with van der Waals surface area (Å²) in [5, 5.41) is 0. The van der Waals surface area contributed by atoms with Crippen LogP contribution in [0.25, 0.3) is 0 Å². The van der Waals surface area contributed by atoms with Gasteiger partial charge in [-0.1, -0.05) is 0 Å². The lowest BCUT2D eigenvalue weighted by Crippen LogP contribution is -2.18. The normalized spacial score (nSPS) is 10.6. The summed E-state index contributed by atoms with van der Waals surface area (Å²) in [7, 11) is 4.04. The van der Waals surface area contributed by atoms with Gasteiger partial charge in [0.2, 0.25) is 0 Å². The Kier molecular flexibility index (Phi) is 3.05. The van der Waals surface area contributed by atoms with Crippen molar-refractivity contribution in [3.05, 3.63) is 24.0 Å². The van der Waals surface area contributed by atoms with Crippen LogP contribution in [0.1, 0.15) is 10.5 Å². The van der Waals surface area contributed by atoms with Crippen molar-refractivity contribution >= 4 is 6.29 Å². The first-order valence-electron chi connectivity index (χ1n) is 3.99. The van der Waals surface area contributed by atoms with Gasteiger partial charge in [0.1, 0.15) is 0 Å². The molecular formula is C9H14N2O. The van der Waals surface area contributed by atoms with Crippen LogP contribution < -0.4 is 0 Å². The first-order chi connectivity index (χ1) is 5.74. The summed E-state index contributed by atoms with van der Waals surface area (Å²) in [4.78, 5) is 12.6. The number of likely N-dealkylation sites (N-methyl/N-ethyl adjacent to an activating group) is 1. The molecular weight excluding hydrogens is 152 g/mol. The first-order valence-corrected chi connectivity index (χ1v) is 3.99. The number of carbonyl (C=O) groups is 1. The molecule has 1 rings (SSSR count). The highest BCUT2D eigenvalue weighted by Gasteiger charge is 1.98. The van der Waals surface area contributed by atoms with Crippen molar-refractivity contribution in [2.75, 3.05) is 20.6 Å². The van der Waals surface area contributed by atoms with E-state index in [-0.39, 0.29) is 0 Å². The molecule has 0 fully saturated rings. The van der Waals surface area contributed by atoms with Crippen molar-refractivity contribution < 1.29 is 4.79 Å². The van der Waals surface area contributed by atoms with E-state index >= 15 is 0 Å². The molecule has 0 amide bonds. The second-order valence-electron chi connectivity index (χ2n) is 3.05. The van der Waals surface area contributed by atoms with Gasteiger partial charge in [-0.15, -0.1) is 0 Å². The van der Waals surface area contributed by atoms with Gasteiger partial charge in [-0.05, 0) is 26.2 Å². The van der Waals surface area contributed by atoms with Gasteiger partial charge in [0.15, 0.2) is 6.29 Å². The monoisotopic (exact) mass is 166 g/mol. The van der Waals surface area contributed by atoms with E-state index < -0.39 is 0 Å². The molecule has 3 heteroatoms. The summed E-state index contributed by atoms with van der Waals surface area (Å²) in [6.07, 6.45) is 2.81. The Morgan fingerprint density at radius 2 is 2.33 bits per heavy atom. The topological polar surface area (TPSA) is 25.2 Å². The highest BCUT2D eigenvalue weighted by atomic mass is 16.1. The fourth-order valence-corrected chi connectivity index (χ4v) is 1.05. The molecule has 12 heavy (non-hydrogen) atoms. The van der Waals surface area contributed by atoms with Gasteiger partial charge in [0, 0.05) is 19.3 Å². The summed E-state index contributed by atoms with van der Waals surface area (Å²) in [6.45, 7) is 1.82. The molecule has 0 bridgehead atoms. The third-order valence-electron chi connectivity index (χ3n) is 1.77. The number of hydrogen-bond donors (Lipinski definition) is 0. The van der Waals surface area contributed by atoms with Crippen molar-refractivity contribution in [3.63, 3.8) is 0 Å². The van der Waals surface area contributed by atoms with E-state index in [4.69, 9.17) is 0 Å². The van der Waals surface area contributed by atoms with Crippen LogP contribution in [0.4, 0.5) is 0 Å². The number of aromatic nitrogens is 1. The van der Waals surface area contributed by atoms with Crippen LogP contribution in [0.2, 0.25) is 0 Å². The van der Waals surface area contributed by atoms with Gasteiger partial charge < -0.3 is 9.47 Å². The predicted molar refractivity (Wildman–Crippen MR) is 48.4 cm³/mol. The molecule has 66 valence electrons. The van der Waals surface area contributed by atoms with Crippen LogP contribution in [0, 0.1) is 0 Å². The summed E-state index contributed by atoms with van der Waals surface area (Å²) < 4.78 is 1.95. The van der Waals surface area contributed by atoms with Gasteiger partial charge in [-0.2, -0.15) is 0 Å². The molecule has 0 radical (unpaired) electrons. The van der Waals surface area contributed by atoms with Gasteiger partial charge in [0.05, 0.1) is 5.69 Å². The first kappa shape index (κ1) is 9.00. The lowest BCUT2D eigenvalue weighted by molar-refractivity contribution is 0.111. The summed E-state index contributed by atoms with van der Waals surface area (Å²) >= 11 is 0. The zero-order valence-corrected chi connectivity index (χ0v) is 7.53. The maximum Gasteiger partial charge on any atom is 0.166 e. The maximum absolute atomic E-state index is 10.5. The average Bonchev–Trinajstić information content (AvgIpc) is 2.47. The van der Waals surface area contributed by atoms with Crippen LogP contribution in [0.15, 0.2) is 18.3 Å². The number of hydrogen-bond acceptors (Lipinski definition) is 2. The molecule has 3 nitrogen and oxygen atoms in total. The summed E-state index contributed by atoms with van der Waals surface area (Å²) in [5.74, 6) is 0. The highest BCUT2D eigenvalue weighted by Crippen LogP contribution is 1.98. The Hall–Kier alpha value is -1.09. The molecule has 1 aromatic rings. The molecule has 0 aliphatic carbocycles. The van der Waals surface area contributed by atoms with E-state index in [1.807, 2.05) is 37.0 Å². The van der Waals surface area contributed by atoms with Gasteiger partial charge in [-0.25, -0.2) is 0 Å². The molecule has 0 spiro atoms. The minimum Gasteiger partial charge on any atom is -0.344 e. The fraction of sp³-hybridized carbons (Fsp3) is 0.444. The standard InChI is InChI=1S/C9H14N2O/c1-10(2)6-7-11-5-3-4-9(11)8-12/h3-5,8H,6-7H2,1-2H3. The largest absolute Gasteiger partial charge is 0.344 e. The molecule has 0 saturated heterocycles. The molecule has 0 unspecified atom stereocenters. The predicted octanol–water partition coefficient (Wildman–Crippen LogP) is 0.862. The van der Waals surface area contributed by atoms with Crippen molar-refractivity contribution in [1.29, 1.82) is 0 Å². The second kappa shape index (κ2) is 4.07. The van der Waals surface area contributed by atoms with E-state index in [0.29, 0.717) is 0 Å². The van der Waals surface area contributed by atoms with Crippen molar-refractivity contribution in [1.82, 2.24) is 9.47 Å². The number of nitrogens with zero attached hydrogens (tertiary/aromatic N) is 2. The van der Waals surface area contributed by atoms with Crippen LogP contribution in [-0.4, -0.2) is 36.4 Å². The van der Waals surface area contributed by atoms with Crippen molar-refractivity contribution in [3.8, 4) is 0 Å². The minimum atomic E-state index is 0.747. The molecule has 1 aromatic heterocycles. The Balaban J connectivity index is 2.56. The zero-order chi connectivity index (χ0) is 8.97. The minimum absolute atomic E-state index is 0.747. The fourth-order valence-electron chi connectivity index (χ4n) is 1.05. The van der Waals surface area contributed by atoms with Crippen molar-refractivity contribution in [2.24, 2.45) is 0 Å². The van der Waals surface area contributed by atoms with Crippen LogP contribution in [0.5, 0.6) is 0 Å². The Bertz CT molecular complexity index is 253. The second-order valence-corrected chi connectivity index (χ2v) is 3.05. The summed E-state index contributed by atoms with van der Waals surface area (Å²) in [5.41, 5.74) is 0.747. The maximum atomic E-state index is 10.5. The average molecular weight is 166 g/mol. The smallest absolute Gasteiger partial charge is 0.166 e. The molecule has 0 saturated carbocycles. The Morgan fingerprint density at radius 3 is 2.92 bits per heavy atom. The molecule has 0 atom stereocenters. The van der Waals surface area contributed by atoms with Crippen LogP contribution >= 0.6 is 0 Å². The molecule has 0 aliphatic rings. The Labute approximate surface area is 72.6 Å². The molecule has 0 aliphatic heterocycles. The SMILES string of the molecule is CN(C)CCn1cccc1C=O. The zero-order valence-electron chi connectivity index (χ0n) is 7.53. The molecule has 0 aromatic carbocycles. The summed E-state index contributed by atoms with van der Waals surface area (Å²) in [6, 6.07) is 3.71. The highest BCUT2D eigenvalue weighted by molar-refractivity contribution is 5.72. The number of carbonyl (C=O) groups excluding carboxylic acids is 1. The molecule has 1 heterocycles. The van der Waals surface area contributed by atoms with E-state index in [9.17, 15) is 4.79 Å². The van der Waals surface area contributed by atoms with Gasteiger partial charge in [0.25, 0.3) is 0 Å².